The van der Waals surface area contributed by atoms with Crippen LogP contribution in [0.1, 0.15) is 34.3 Å². The highest BCUT2D eigenvalue weighted by molar-refractivity contribution is 6.31. The van der Waals surface area contributed by atoms with Gasteiger partial charge in [-0.1, -0.05) is 54.1 Å². The summed E-state index contributed by atoms with van der Waals surface area (Å²) in [6.45, 7) is 0.914. The molecule has 0 aromatic heterocycles. The summed E-state index contributed by atoms with van der Waals surface area (Å²) >= 11 is 6.16. The van der Waals surface area contributed by atoms with Crippen molar-refractivity contribution in [1.82, 2.24) is 20.9 Å². The van der Waals surface area contributed by atoms with Crippen molar-refractivity contribution in [3.8, 4) is 11.5 Å². The van der Waals surface area contributed by atoms with Gasteiger partial charge in [-0.25, -0.2) is 0 Å². The standard InChI is InChI=1S/C33H37ClN4O7/c1-38-17-19-45-29-9-5-3-7-25(29)31(41)37-27(32(42)35-16-18-44-21-23-6-2-4-8-26(23)34)14-15-30(40)36-28(33(38)43)20-22-10-12-24(39)13-11-22/h2-13,27-28,39H,14-21H2,1H3,(H,35,42)(H,36,40)(H,37,41)/t27-,28-/m0/s1. The van der Waals surface area contributed by atoms with E-state index in [0.29, 0.717) is 10.8 Å². The topological polar surface area (TPSA) is 146 Å². The summed E-state index contributed by atoms with van der Waals surface area (Å²) in [6.07, 6.45) is 0.0270. The van der Waals surface area contributed by atoms with Crippen LogP contribution in [0.3, 0.4) is 0 Å². The molecule has 0 radical (unpaired) electrons. The van der Waals surface area contributed by atoms with Crippen molar-refractivity contribution < 1.29 is 33.8 Å². The molecule has 3 aromatic rings. The first kappa shape index (κ1) is 33.3. The van der Waals surface area contributed by atoms with E-state index in [-0.39, 0.29) is 69.4 Å². The maximum Gasteiger partial charge on any atom is 0.255 e. The molecule has 0 aliphatic carbocycles. The number of rotatable bonds is 8. The van der Waals surface area contributed by atoms with Crippen LogP contribution in [-0.2, 0) is 32.1 Å². The highest BCUT2D eigenvalue weighted by atomic mass is 35.5. The number of nitrogens with one attached hydrogen (secondary N) is 3. The Kier molecular flexibility index (Phi) is 12.2. The lowest BCUT2D eigenvalue weighted by Gasteiger charge is -2.25. The van der Waals surface area contributed by atoms with Crippen molar-refractivity contribution in [1.29, 1.82) is 0 Å². The third kappa shape index (κ3) is 9.95. The number of hydrogen-bond donors (Lipinski definition) is 4. The van der Waals surface area contributed by atoms with Crippen molar-refractivity contribution in [2.24, 2.45) is 0 Å². The smallest absolute Gasteiger partial charge is 0.255 e. The minimum absolute atomic E-state index is 0.0249. The molecule has 0 bridgehead atoms. The first-order valence-corrected chi connectivity index (χ1v) is 15.0. The molecule has 0 saturated heterocycles. The van der Waals surface area contributed by atoms with Crippen molar-refractivity contribution in [2.75, 3.05) is 33.4 Å². The zero-order valence-corrected chi connectivity index (χ0v) is 25.7. The van der Waals surface area contributed by atoms with Crippen LogP contribution in [0.2, 0.25) is 5.02 Å². The molecule has 2 atom stereocenters. The fourth-order valence-corrected chi connectivity index (χ4v) is 4.92. The van der Waals surface area contributed by atoms with E-state index in [0.717, 1.165) is 11.1 Å². The van der Waals surface area contributed by atoms with E-state index in [1.54, 1.807) is 49.5 Å². The van der Waals surface area contributed by atoms with Crippen molar-refractivity contribution in [3.63, 3.8) is 0 Å². The number of para-hydroxylation sites is 1. The van der Waals surface area contributed by atoms with Gasteiger partial charge in [0.05, 0.1) is 25.3 Å². The molecule has 11 nitrogen and oxygen atoms in total. The van der Waals surface area contributed by atoms with Crippen LogP contribution >= 0.6 is 11.6 Å². The van der Waals surface area contributed by atoms with Gasteiger partial charge in [0.25, 0.3) is 5.91 Å². The Morgan fingerprint density at radius 2 is 1.78 bits per heavy atom. The molecule has 4 rings (SSSR count). The summed E-state index contributed by atoms with van der Waals surface area (Å²) in [6, 6.07) is 18.3. The lowest BCUT2D eigenvalue weighted by atomic mass is 10.0. The number of nitrogens with zero attached hydrogens (tertiary/aromatic N) is 1. The van der Waals surface area contributed by atoms with Gasteiger partial charge in [-0.3, -0.25) is 19.2 Å². The van der Waals surface area contributed by atoms with Crippen molar-refractivity contribution in [3.05, 3.63) is 94.5 Å². The third-order valence-corrected chi connectivity index (χ3v) is 7.61. The predicted molar refractivity (Wildman–Crippen MR) is 168 cm³/mol. The van der Waals surface area contributed by atoms with E-state index in [1.165, 1.54) is 17.0 Å². The molecule has 3 aromatic carbocycles. The fraction of sp³-hybridized carbons (Fsp3) is 0.333. The Hall–Kier alpha value is -4.61. The summed E-state index contributed by atoms with van der Waals surface area (Å²) in [4.78, 5) is 54.5. The van der Waals surface area contributed by atoms with Gasteiger partial charge in [0.2, 0.25) is 17.7 Å². The molecule has 238 valence electrons. The number of ether oxygens (including phenoxy) is 2. The van der Waals surface area contributed by atoms with Gasteiger partial charge in [-0.2, -0.15) is 0 Å². The van der Waals surface area contributed by atoms with Gasteiger partial charge in [0.1, 0.15) is 30.2 Å². The number of carbonyl (C=O) groups excluding carboxylic acids is 4. The van der Waals surface area contributed by atoms with E-state index >= 15 is 0 Å². The Morgan fingerprint density at radius 3 is 2.56 bits per heavy atom. The SMILES string of the molecule is CN1CCOc2ccccc2C(=O)N[C@H](C(=O)NCCOCc2ccccc2Cl)CCC(=O)N[C@@H](Cc2ccc(O)cc2)C1=O. The summed E-state index contributed by atoms with van der Waals surface area (Å²) in [5, 5.41) is 18.5. The average molecular weight is 637 g/mol. The second kappa shape index (κ2) is 16.5. The number of phenolic OH excluding ortho intramolecular Hbond substituents is 1. The van der Waals surface area contributed by atoms with Crippen LogP contribution in [0.4, 0.5) is 0 Å². The molecular formula is C33H37ClN4O7. The molecule has 4 amide bonds. The normalized spacial score (nSPS) is 18.0. The summed E-state index contributed by atoms with van der Waals surface area (Å²) < 4.78 is 11.5. The number of carbonyl (C=O) groups is 4. The number of amides is 4. The molecule has 0 fully saturated rings. The molecular weight excluding hydrogens is 600 g/mol. The molecule has 0 spiro atoms. The minimum Gasteiger partial charge on any atom is -0.508 e. The van der Waals surface area contributed by atoms with E-state index in [9.17, 15) is 24.3 Å². The van der Waals surface area contributed by atoms with Gasteiger partial charge in [-0.15, -0.1) is 0 Å². The predicted octanol–water partition coefficient (Wildman–Crippen LogP) is 2.84. The highest BCUT2D eigenvalue weighted by Crippen LogP contribution is 2.19. The maximum absolute atomic E-state index is 13.4. The Labute approximate surface area is 266 Å². The quantitative estimate of drug-likeness (QED) is 0.278. The number of fused-ring (bicyclic) bond motifs is 1. The first-order valence-electron chi connectivity index (χ1n) is 14.6. The molecule has 12 heteroatoms. The minimum atomic E-state index is -1.06. The fourth-order valence-electron chi connectivity index (χ4n) is 4.73. The van der Waals surface area contributed by atoms with Gasteiger partial charge in [-0.05, 0) is 47.9 Å². The van der Waals surface area contributed by atoms with Crippen LogP contribution in [0.15, 0.2) is 72.8 Å². The van der Waals surface area contributed by atoms with Crippen LogP contribution < -0.4 is 20.7 Å². The largest absolute Gasteiger partial charge is 0.508 e. The van der Waals surface area contributed by atoms with Crippen LogP contribution in [0.5, 0.6) is 11.5 Å². The molecule has 4 N–H and O–H groups in total. The van der Waals surface area contributed by atoms with Crippen molar-refractivity contribution in [2.45, 2.75) is 38.0 Å². The van der Waals surface area contributed by atoms with E-state index in [2.05, 4.69) is 16.0 Å². The Morgan fingerprint density at radius 1 is 1.04 bits per heavy atom. The molecule has 45 heavy (non-hydrogen) atoms. The van der Waals surface area contributed by atoms with Gasteiger partial charge >= 0.3 is 0 Å². The Balaban J connectivity index is 1.46. The summed E-state index contributed by atoms with van der Waals surface area (Å²) in [5.41, 5.74) is 1.78. The number of halogens is 1. The monoisotopic (exact) mass is 636 g/mol. The second-order valence-corrected chi connectivity index (χ2v) is 11.0. The van der Waals surface area contributed by atoms with Crippen LogP contribution in [0, 0.1) is 0 Å². The zero-order chi connectivity index (χ0) is 32.2. The Bertz CT molecular complexity index is 1480. The highest BCUT2D eigenvalue weighted by Gasteiger charge is 2.28. The van der Waals surface area contributed by atoms with E-state index in [1.807, 2.05) is 18.2 Å². The van der Waals surface area contributed by atoms with E-state index in [4.69, 9.17) is 21.1 Å². The van der Waals surface area contributed by atoms with Gasteiger partial charge in [0.15, 0.2) is 0 Å². The summed E-state index contributed by atoms with van der Waals surface area (Å²) in [7, 11) is 1.61. The van der Waals surface area contributed by atoms with Gasteiger partial charge in [0, 0.05) is 31.5 Å². The molecule has 0 saturated carbocycles. The molecule has 0 unspecified atom stereocenters. The number of likely N-dealkylation sites (N-methyl/N-ethyl adjacent to an activating group) is 1. The number of hydrogen-bond acceptors (Lipinski definition) is 7. The van der Waals surface area contributed by atoms with Crippen LogP contribution in [-0.4, -0.2) is 79.1 Å². The van der Waals surface area contributed by atoms with Gasteiger partial charge < -0.3 is 35.4 Å². The number of phenols is 1. The lowest BCUT2D eigenvalue weighted by Crippen LogP contribution is -2.50. The molecule has 1 aliphatic rings. The summed E-state index contributed by atoms with van der Waals surface area (Å²) in [5.74, 6) is -1.43. The first-order chi connectivity index (χ1) is 21.7. The number of benzene rings is 3. The zero-order valence-electron chi connectivity index (χ0n) is 25.0. The van der Waals surface area contributed by atoms with Crippen molar-refractivity contribution >= 4 is 35.2 Å². The van der Waals surface area contributed by atoms with Crippen LogP contribution in [0.25, 0.3) is 0 Å². The lowest BCUT2D eigenvalue weighted by molar-refractivity contribution is -0.135. The molecule has 1 heterocycles. The second-order valence-electron chi connectivity index (χ2n) is 10.6. The maximum atomic E-state index is 13.4. The average Bonchev–Trinajstić information content (AvgIpc) is 3.03. The molecule has 1 aliphatic heterocycles. The third-order valence-electron chi connectivity index (χ3n) is 7.24. The number of aromatic hydroxyl groups is 1. The van der Waals surface area contributed by atoms with E-state index < -0.39 is 29.8 Å².